The number of hydrogen-bond donors (Lipinski definition) is 2. The predicted molar refractivity (Wildman–Crippen MR) is 52.6 cm³/mol. The van der Waals surface area contributed by atoms with Crippen molar-refractivity contribution < 1.29 is 10.2 Å². The monoisotopic (exact) mass is 180 g/mol. The van der Waals surface area contributed by atoms with Crippen molar-refractivity contribution in [2.75, 3.05) is 6.61 Å². The Hall–Kier alpha value is -0.860. The lowest BCUT2D eigenvalue weighted by molar-refractivity contribution is -0.00233. The summed E-state index contributed by atoms with van der Waals surface area (Å²) >= 11 is 0. The van der Waals surface area contributed by atoms with E-state index >= 15 is 0 Å². The van der Waals surface area contributed by atoms with Gasteiger partial charge in [-0.2, -0.15) is 0 Å². The summed E-state index contributed by atoms with van der Waals surface area (Å²) in [5.41, 5.74) is 1.96. The molecule has 2 N–H and O–H groups in total. The van der Waals surface area contributed by atoms with Gasteiger partial charge in [-0.05, 0) is 37.5 Å². The van der Waals surface area contributed by atoms with Crippen LogP contribution in [0.4, 0.5) is 0 Å². The molecule has 0 saturated carbocycles. The molecule has 0 amide bonds. The van der Waals surface area contributed by atoms with Crippen LogP contribution in [0.1, 0.15) is 23.6 Å². The highest BCUT2D eigenvalue weighted by molar-refractivity contribution is 5.32. The molecule has 1 unspecified atom stereocenters. The zero-order valence-corrected chi connectivity index (χ0v) is 8.33. The first kappa shape index (κ1) is 10.2. The number of aliphatic hydroxyl groups is 2. The second kappa shape index (κ2) is 3.48. The lowest BCUT2D eigenvalue weighted by atomic mass is 9.94. The first-order chi connectivity index (χ1) is 5.97. The second-order valence-corrected chi connectivity index (χ2v) is 3.73. The lowest BCUT2D eigenvalue weighted by Crippen LogP contribution is -2.25. The van der Waals surface area contributed by atoms with E-state index in [2.05, 4.69) is 0 Å². The Balaban J connectivity index is 3.10. The van der Waals surface area contributed by atoms with Gasteiger partial charge in [0.05, 0.1) is 6.61 Å². The van der Waals surface area contributed by atoms with Gasteiger partial charge in [0.2, 0.25) is 0 Å². The highest BCUT2D eigenvalue weighted by Gasteiger charge is 2.21. The molecule has 0 aliphatic heterocycles. The summed E-state index contributed by atoms with van der Waals surface area (Å²) in [6.45, 7) is 5.37. The van der Waals surface area contributed by atoms with E-state index in [1.165, 1.54) is 5.56 Å². The van der Waals surface area contributed by atoms with Gasteiger partial charge in [0.15, 0.2) is 0 Å². The summed E-state index contributed by atoms with van der Waals surface area (Å²) in [4.78, 5) is 0. The van der Waals surface area contributed by atoms with Gasteiger partial charge < -0.3 is 10.2 Å². The van der Waals surface area contributed by atoms with Gasteiger partial charge >= 0.3 is 0 Å². The molecule has 0 bridgehead atoms. The molecule has 0 aliphatic carbocycles. The normalized spacial score (nSPS) is 15.5. The molecule has 0 heterocycles. The Bertz CT molecular complexity index is 303. The minimum atomic E-state index is -1.13. The van der Waals surface area contributed by atoms with E-state index < -0.39 is 5.60 Å². The molecule has 2 heteroatoms. The molecule has 1 aromatic rings. The van der Waals surface area contributed by atoms with Crippen LogP contribution in [0.2, 0.25) is 0 Å². The van der Waals surface area contributed by atoms with Crippen molar-refractivity contribution in [2.24, 2.45) is 0 Å². The van der Waals surface area contributed by atoms with Crippen LogP contribution in [-0.4, -0.2) is 16.8 Å². The van der Waals surface area contributed by atoms with E-state index in [0.717, 1.165) is 11.1 Å². The van der Waals surface area contributed by atoms with Gasteiger partial charge in [-0.15, -0.1) is 0 Å². The van der Waals surface area contributed by atoms with E-state index in [0.29, 0.717) is 0 Å². The number of hydrogen-bond acceptors (Lipinski definition) is 2. The molecule has 1 aromatic carbocycles. The Morgan fingerprint density at radius 1 is 1.23 bits per heavy atom. The highest BCUT2D eigenvalue weighted by Crippen LogP contribution is 2.21. The lowest BCUT2D eigenvalue weighted by Gasteiger charge is -2.21. The van der Waals surface area contributed by atoms with Crippen LogP contribution in [0.5, 0.6) is 0 Å². The quantitative estimate of drug-likeness (QED) is 0.724. The van der Waals surface area contributed by atoms with Crippen molar-refractivity contribution in [2.45, 2.75) is 26.4 Å². The second-order valence-electron chi connectivity index (χ2n) is 3.73. The van der Waals surface area contributed by atoms with E-state index in [-0.39, 0.29) is 6.61 Å². The highest BCUT2D eigenvalue weighted by atomic mass is 16.3. The Labute approximate surface area is 78.8 Å². The molecule has 0 aliphatic rings. The van der Waals surface area contributed by atoms with E-state index in [1.54, 1.807) is 6.92 Å². The third-order valence-electron chi connectivity index (χ3n) is 2.44. The van der Waals surface area contributed by atoms with Gasteiger partial charge in [0.1, 0.15) is 5.60 Å². The maximum atomic E-state index is 9.76. The molecule has 1 atom stereocenters. The topological polar surface area (TPSA) is 40.5 Å². The molecule has 0 aromatic heterocycles. The van der Waals surface area contributed by atoms with Crippen LogP contribution in [0, 0.1) is 13.8 Å². The summed E-state index contributed by atoms with van der Waals surface area (Å²) in [6.07, 6.45) is 0. The zero-order chi connectivity index (χ0) is 10.1. The predicted octanol–water partition coefficient (Wildman–Crippen LogP) is 1.50. The van der Waals surface area contributed by atoms with Crippen LogP contribution >= 0.6 is 0 Å². The molecule has 0 radical (unpaired) electrons. The third kappa shape index (κ3) is 2.08. The molecular weight excluding hydrogens is 164 g/mol. The maximum absolute atomic E-state index is 9.76. The summed E-state index contributed by atoms with van der Waals surface area (Å²) in [5.74, 6) is 0. The number of rotatable bonds is 2. The summed E-state index contributed by atoms with van der Waals surface area (Å²) in [5, 5.41) is 18.7. The fourth-order valence-electron chi connectivity index (χ4n) is 1.17. The standard InChI is InChI=1S/C11H16O2/c1-8-4-5-10(6-9(8)2)11(3,13)7-12/h4-6,12-13H,7H2,1-3H3. The van der Waals surface area contributed by atoms with Crippen LogP contribution < -0.4 is 0 Å². The van der Waals surface area contributed by atoms with Gasteiger partial charge in [0.25, 0.3) is 0 Å². The molecule has 72 valence electrons. The smallest absolute Gasteiger partial charge is 0.110 e. The molecular formula is C11H16O2. The maximum Gasteiger partial charge on any atom is 0.110 e. The van der Waals surface area contributed by atoms with Crippen LogP contribution in [0.25, 0.3) is 0 Å². The Kier molecular flexibility index (Phi) is 2.74. The summed E-state index contributed by atoms with van der Waals surface area (Å²) in [6, 6.07) is 5.71. The van der Waals surface area contributed by atoms with Gasteiger partial charge in [-0.25, -0.2) is 0 Å². The molecule has 0 saturated heterocycles. The van der Waals surface area contributed by atoms with E-state index in [1.807, 2.05) is 32.0 Å². The van der Waals surface area contributed by atoms with Crippen molar-refractivity contribution in [3.05, 3.63) is 34.9 Å². The van der Waals surface area contributed by atoms with E-state index in [9.17, 15) is 5.11 Å². The van der Waals surface area contributed by atoms with Crippen molar-refractivity contribution in [1.82, 2.24) is 0 Å². The third-order valence-corrected chi connectivity index (χ3v) is 2.44. The van der Waals surface area contributed by atoms with Crippen molar-refractivity contribution in [3.8, 4) is 0 Å². The summed E-state index contributed by atoms with van der Waals surface area (Å²) < 4.78 is 0. The zero-order valence-electron chi connectivity index (χ0n) is 8.33. The van der Waals surface area contributed by atoms with Crippen molar-refractivity contribution in [3.63, 3.8) is 0 Å². The first-order valence-corrected chi connectivity index (χ1v) is 4.38. The molecule has 13 heavy (non-hydrogen) atoms. The SMILES string of the molecule is Cc1ccc(C(C)(O)CO)cc1C. The van der Waals surface area contributed by atoms with Gasteiger partial charge in [0, 0.05) is 0 Å². The number of benzene rings is 1. The summed E-state index contributed by atoms with van der Waals surface area (Å²) in [7, 11) is 0. The van der Waals surface area contributed by atoms with Crippen LogP contribution in [0.15, 0.2) is 18.2 Å². The molecule has 0 spiro atoms. The largest absolute Gasteiger partial charge is 0.393 e. The van der Waals surface area contributed by atoms with Crippen molar-refractivity contribution in [1.29, 1.82) is 0 Å². The van der Waals surface area contributed by atoms with Crippen LogP contribution in [0.3, 0.4) is 0 Å². The Morgan fingerprint density at radius 2 is 1.85 bits per heavy atom. The minimum absolute atomic E-state index is 0.254. The molecule has 0 fully saturated rings. The van der Waals surface area contributed by atoms with Crippen molar-refractivity contribution >= 4 is 0 Å². The molecule has 1 rings (SSSR count). The van der Waals surface area contributed by atoms with Gasteiger partial charge in [-0.3, -0.25) is 0 Å². The fourth-order valence-corrected chi connectivity index (χ4v) is 1.17. The first-order valence-electron chi connectivity index (χ1n) is 4.38. The number of aliphatic hydroxyl groups excluding tert-OH is 1. The average Bonchev–Trinajstić information content (AvgIpc) is 2.09. The fraction of sp³-hybridized carbons (Fsp3) is 0.455. The van der Waals surface area contributed by atoms with Crippen LogP contribution in [-0.2, 0) is 5.60 Å². The molecule has 2 nitrogen and oxygen atoms in total. The minimum Gasteiger partial charge on any atom is -0.393 e. The Morgan fingerprint density at radius 3 is 2.31 bits per heavy atom. The average molecular weight is 180 g/mol. The van der Waals surface area contributed by atoms with E-state index in [4.69, 9.17) is 5.11 Å². The van der Waals surface area contributed by atoms with Gasteiger partial charge in [-0.1, -0.05) is 18.2 Å². The number of aryl methyl sites for hydroxylation is 2.